The van der Waals surface area contributed by atoms with E-state index in [1.165, 1.54) is 55.5 Å². The molecule has 4 atom stereocenters. The molecule has 0 bridgehead atoms. The number of ether oxygens (including phenoxy) is 1. The van der Waals surface area contributed by atoms with Crippen molar-refractivity contribution in [1.82, 2.24) is 4.90 Å². The largest absolute Gasteiger partial charge is 0.427 e. The highest BCUT2D eigenvalue weighted by Crippen LogP contribution is 2.53. The average molecular weight is 524 g/mol. The van der Waals surface area contributed by atoms with E-state index in [1.54, 1.807) is 11.1 Å². The molecule has 3 aliphatic rings. The molecule has 0 aromatic heterocycles. The molecule has 3 heterocycles. The Morgan fingerprint density at radius 2 is 1.64 bits per heavy atom. The Balaban J connectivity index is 1.44. The van der Waals surface area contributed by atoms with Crippen LogP contribution in [-0.4, -0.2) is 39.4 Å². The van der Waals surface area contributed by atoms with Gasteiger partial charge in [-0.15, -0.1) is 0 Å². The lowest BCUT2D eigenvalue weighted by molar-refractivity contribution is -0.384. The van der Waals surface area contributed by atoms with E-state index in [0.29, 0.717) is 0 Å². The Hall–Kier alpha value is -5.12. The van der Waals surface area contributed by atoms with Gasteiger partial charge in [0.1, 0.15) is 11.8 Å². The number of nitrogens with zero attached hydrogens (tertiary/aromatic N) is 3. The number of rotatable bonds is 5. The third-order valence-corrected chi connectivity index (χ3v) is 7.43. The van der Waals surface area contributed by atoms with Crippen LogP contribution in [0, 0.1) is 22.0 Å². The van der Waals surface area contributed by atoms with Crippen molar-refractivity contribution in [2.45, 2.75) is 19.0 Å². The zero-order chi connectivity index (χ0) is 27.4. The number of ketones is 1. The number of carbonyl (C=O) groups excluding carboxylic acids is 4. The van der Waals surface area contributed by atoms with Gasteiger partial charge in [0.2, 0.25) is 11.8 Å². The standard InChI is InChI=1S/C29H21N3O7/c1-16(33)39-21-11-9-18(10-12-21)27(34)26-24-23(25-22-8-3-2-5-17(22)13-14-30(25)26)28(35)31(29(24)36)19-6-4-7-20(15-19)32(37)38/h2-15,23-26H,1H3/t23-,24-,25+,26+/m0/s1. The van der Waals surface area contributed by atoms with Gasteiger partial charge >= 0.3 is 5.97 Å². The fraction of sp³-hybridized carbons (Fsp3) is 0.172. The summed E-state index contributed by atoms with van der Waals surface area (Å²) in [6, 6.07) is 17.3. The monoisotopic (exact) mass is 523 g/mol. The van der Waals surface area contributed by atoms with Gasteiger partial charge in [-0.05, 0) is 47.5 Å². The van der Waals surface area contributed by atoms with Gasteiger partial charge in [0.25, 0.3) is 5.69 Å². The van der Waals surface area contributed by atoms with Crippen molar-refractivity contribution in [2.75, 3.05) is 4.90 Å². The summed E-state index contributed by atoms with van der Waals surface area (Å²) in [5.74, 6) is -3.57. The summed E-state index contributed by atoms with van der Waals surface area (Å²) in [5, 5.41) is 11.4. The average Bonchev–Trinajstić information content (AvgIpc) is 3.40. The topological polar surface area (TPSA) is 127 Å². The second kappa shape index (κ2) is 9.02. The molecule has 0 aliphatic carbocycles. The van der Waals surface area contributed by atoms with E-state index in [1.807, 2.05) is 30.3 Å². The van der Waals surface area contributed by atoms with Crippen LogP contribution in [0.1, 0.15) is 34.5 Å². The molecule has 2 fully saturated rings. The van der Waals surface area contributed by atoms with E-state index in [0.717, 1.165) is 16.0 Å². The maximum atomic E-state index is 14.0. The molecule has 3 aromatic carbocycles. The Bertz CT molecular complexity index is 1600. The van der Waals surface area contributed by atoms with Crippen molar-refractivity contribution in [3.8, 4) is 5.75 Å². The minimum absolute atomic E-state index is 0.0942. The number of anilines is 1. The van der Waals surface area contributed by atoms with Crippen molar-refractivity contribution in [2.24, 2.45) is 11.8 Å². The fourth-order valence-corrected chi connectivity index (χ4v) is 5.88. The summed E-state index contributed by atoms with van der Waals surface area (Å²) in [4.78, 5) is 66.6. The van der Waals surface area contributed by atoms with Crippen LogP contribution in [0.5, 0.6) is 5.75 Å². The molecule has 194 valence electrons. The second-order valence-electron chi connectivity index (χ2n) is 9.60. The number of hydrogen-bond donors (Lipinski definition) is 0. The number of amides is 2. The zero-order valence-corrected chi connectivity index (χ0v) is 20.6. The molecule has 2 saturated heterocycles. The summed E-state index contributed by atoms with van der Waals surface area (Å²) in [7, 11) is 0. The zero-order valence-electron chi connectivity index (χ0n) is 20.6. The molecule has 3 aliphatic heterocycles. The Kier molecular flexibility index (Phi) is 5.60. The first-order valence-corrected chi connectivity index (χ1v) is 12.3. The first-order chi connectivity index (χ1) is 18.8. The van der Waals surface area contributed by atoms with Crippen LogP contribution in [0.15, 0.2) is 79.0 Å². The molecule has 0 unspecified atom stereocenters. The third kappa shape index (κ3) is 3.80. The highest BCUT2D eigenvalue weighted by molar-refractivity contribution is 6.24. The first-order valence-electron chi connectivity index (χ1n) is 12.3. The van der Waals surface area contributed by atoms with Crippen LogP contribution in [0.4, 0.5) is 11.4 Å². The van der Waals surface area contributed by atoms with E-state index in [9.17, 15) is 29.3 Å². The van der Waals surface area contributed by atoms with Crippen LogP contribution in [-0.2, 0) is 14.4 Å². The van der Waals surface area contributed by atoms with Gasteiger partial charge in [-0.3, -0.25) is 29.3 Å². The molecule has 3 aromatic rings. The molecule has 39 heavy (non-hydrogen) atoms. The Morgan fingerprint density at radius 1 is 0.923 bits per heavy atom. The molecule has 2 amide bonds. The van der Waals surface area contributed by atoms with Gasteiger partial charge in [0.05, 0.1) is 28.5 Å². The SMILES string of the molecule is CC(=O)Oc1ccc(C(=O)[C@H]2[C@H]3C(=O)N(c4cccc([N+](=O)[O-])c4)C(=O)[C@@H]3[C@H]3c4ccccc4C=CN32)cc1. The molecular formula is C29H21N3O7. The van der Waals surface area contributed by atoms with Crippen molar-refractivity contribution < 1.29 is 28.8 Å². The van der Waals surface area contributed by atoms with E-state index in [4.69, 9.17) is 4.74 Å². The van der Waals surface area contributed by atoms with Crippen LogP contribution < -0.4 is 9.64 Å². The van der Waals surface area contributed by atoms with Crippen LogP contribution in [0.3, 0.4) is 0 Å². The molecule has 0 N–H and O–H groups in total. The molecule has 0 saturated carbocycles. The predicted molar refractivity (Wildman–Crippen MR) is 138 cm³/mol. The Labute approximate surface area is 222 Å². The van der Waals surface area contributed by atoms with Crippen LogP contribution in [0.25, 0.3) is 6.08 Å². The molecule has 10 nitrogen and oxygen atoms in total. The summed E-state index contributed by atoms with van der Waals surface area (Å²) >= 11 is 0. The normalized spacial score (nSPS) is 22.8. The quantitative estimate of drug-likeness (QED) is 0.123. The van der Waals surface area contributed by atoms with Gasteiger partial charge in [0.15, 0.2) is 5.78 Å². The maximum Gasteiger partial charge on any atom is 0.308 e. The molecule has 6 rings (SSSR count). The number of carbonyl (C=O) groups is 4. The highest BCUT2D eigenvalue weighted by Gasteiger charge is 2.64. The fourth-order valence-electron chi connectivity index (χ4n) is 5.88. The highest BCUT2D eigenvalue weighted by atomic mass is 16.6. The van der Waals surface area contributed by atoms with Gasteiger partial charge in [-0.1, -0.05) is 30.3 Å². The number of nitro groups is 1. The lowest BCUT2D eigenvalue weighted by atomic mass is 9.83. The Morgan fingerprint density at radius 3 is 2.36 bits per heavy atom. The van der Waals surface area contributed by atoms with Crippen LogP contribution in [0.2, 0.25) is 0 Å². The lowest BCUT2D eigenvalue weighted by Crippen LogP contribution is -2.44. The number of benzene rings is 3. The first kappa shape index (κ1) is 24.2. The van der Waals surface area contributed by atoms with Crippen LogP contribution >= 0.6 is 0 Å². The third-order valence-electron chi connectivity index (χ3n) is 7.43. The number of imide groups is 1. The second-order valence-corrected chi connectivity index (χ2v) is 9.60. The van der Waals surface area contributed by atoms with Crippen molar-refractivity contribution in [3.63, 3.8) is 0 Å². The minimum atomic E-state index is -1.02. The molecule has 10 heteroatoms. The van der Waals surface area contributed by atoms with E-state index < -0.39 is 46.6 Å². The molecule has 0 radical (unpaired) electrons. The van der Waals surface area contributed by atoms with Gasteiger partial charge in [0, 0.05) is 30.8 Å². The van der Waals surface area contributed by atoms with E-state index in [2.05, 4.69) is 0 Å². The van der Waals surface area contributed by atoms with Gasteiger partial charge < -0.3 is 9.64 Å². The number of Topliss-reactive ketones (excluding diaryl/α,β-unsaturated/α-hetero) is 1. The molecule has 0 spiro atoms. The van der Waals surface area contributed by atoms with E-state index >= 15 is 0 Å². The smallest absolute Gasteiger partial charge is 0.308 e. The summed E-state index contributed by atoms with van der Waals surface area (Å²) in [6.45, 7) is 1.27. The minimum Gasteiger partial charge on any atom is -0.427 e. The van der Waals surface area contributed by atoms with Crippen molar-refractivity contribution >= 4 is 41.0 Å². The van der Waals surface area contributed by atoms with Crippen molar-refractivity contribution in [3.05, 3.63) is 106 Å². The summed E-state index contributed by atoms with van der Waals surface area (Å²) < 4.78 is 5.06. The lowest BCUT2D eigenvalue weighted by Gasteiger charge is -2.35. The van der Waals surface area contributed by atoms with Crippen molar-refractivity contribution in [1.29, 1.82) is 0 Å². The maximum absolute atomic E-state index is 14.0. The predicted octanol–water partition coefficient (Wildman–Crippen LogP) is 3.92. The number of nitro benzene ring substituents is 1. The molecular weight excluding hydrogens is 502 g/mol. The number of fused-ring (bicyclic) bond motifs is 5. The summed E-state index contributed by atoms with van der Waals surface area (Å²) in [6.07, 6.45) is 3.60. The number of non-ortho nitro benzene ring substituents is 1. The van der Waals surface area contributed by atoms with Gasteiger partial charge in [-0.2, -0.15) is 0 Å². The van der Waals surface area contributed by atoms with E-state index in [-0.39, 0.29) is 28.5 Å². The number of hydrogen-bond acceptors (Lipinski definition) is 8. The summed E-state index contributed by atoms with van der Waals surface area (Å²) in [5.41, 5.74) is 1.83. The van der Waals surface area contributed by atoms with Gasteiger partial charge in [-0.25, -0.2) is 4.90 Å². The number of esters is 1.